The zero-order chi connectivity index (χ0) is 15.4. The molecule has 116 valence electrons. The second kappa shape index (κ2) is 6.46. The second-order valence-corrected chi connectivity index (χ2v) is 6.12. The van der Waals surface area contributed by atoms with Crippen molar-refractivity contribution in [3.63, 3.8) is 0 Å². The second-order valence-electron chi connectivity index (χ2n) is 6.12. The summed E-state index contributed by atoms with van der Waals surface area (Å²) in [6, 6.07) is -0.252. The molecule has 1 saturated heterocycles. The molecule has 5 heteroatoms. The highest BCUT2D eigenvalue weighted by molar-refractivity contribution is 5.85. The van der Waals surface area contributed by atoms with Crippen LogP contribution in [0.1, 0.15) is 59.8 Å². The maximum Gasteiger partial charge on any atom is 0.329 e. The lowest BCUT2D eigenvalue weighted by Crippen LogP contribution is -2.57. The molecule has 1 fully saturated rings. The third kappa shape index (κ3) is 3.44. The number of hydrogen-bond acceptors (Lipinski definition) is 2. The molecule has 0 aromatic rings. The number of piperidine rings is 1. The van der Waals surface area contributed by atoms with Crippen LogP contribution < -0.4 is 5.32 Å². The fourth-order valence-corrected chi connectivity index (χ4v) is 2.75. The number of rotatable bonds is 5. The molecule has 1 aliphatic heterocycles. The first kappa shape index (κ1) is 16.8. The third-order valence-corrected chi connectivity index (χ3v) is 5.17. The van der Waals surface area contributed by atoms with Gasteiger partial charge in [0.1, 0.15) is 5.54 Å². The minimum Gasteiger partial charge on any atom is -0.480 e. The molecule has 1 atom stereocenters. The van der Waals surface area contributed by atoms with E-state index < -0.39 is 11.5 Å². The number of likely N-dealkylation sites (tertiary alicyclic amines) is 1. The van der Waals surface area contributed by atoms with E-state index in [1.165, 1.54) is 0 Å². The molecule has 0 aromatic carbocycles. The van der Waals surface area contributed by atoms with E-state index in [1.54, 1.807) is 18.7 Å². The summed E-state index contributed by atoms with van der Waals surface area (Å²) < 4.78 is 0. The van der Waals surface area contributed by atoms with Crippen LogP contribution in [0.25, 0.3) is 0 Å². The zero-order valence-corrected chi connectivity index (χ0v) is 13.2. The molecule has 0 aromatic heterocycles. The lowest BCUT2D eigenvalue weighted by molar-refractivity contribution is -0.143. The van der Waals surface area contributed by atoms with Crippen LogP contribution in [0.5, 0.6) is 0 Å². The molecule has 1 rings (SSSR count). The summed E-state index contributed by atoms with van der Waals surface area (Å²) in [6.07, 6.45) is 4.66. The number of nitrogens with one attached hydrogen (secondary N) is 1. The van der Waals surface area contributed by atoms with Gasteiger partial charge in [-0.05, 0) is 31.6 Å². The number of carboxylic acids is 1. The Balaban J connectivity index is 2.61. The van der Waals surface area contributed by atoms with Gasteiger partial charge in [0.2, 0.25) is 0 Å². The van der Waals surface area contributed by atoms with E-state index in [0.717, 1.165) is 25.7 Å². The molecule has 1 aliphatic rings. The van der Waals surface area contributed by atoms with Crippen molar-refractivity contribution in [1.29, 1.82) is 0 Å². The Morgan fingerprint density at radius 2 is 1.70 bits per heavy atom. The van der Waals surface area contributed by atoms with Crippen LogP contribution in [0, 0.1) is 5.41 Å². The fourth-order valence-electron chi connectivity index (χ4n) is 2.75. The van der Waals surface area contributed by atoms with Crippen molar-refractivity contribution in [2.24, 2.45) is 5.41 Å². The highest BCUT2D eigenvalue weighted by Gasteiger charge is 2.37. The summed E-state index contributed by atoms with van der Waals surface area (Å²) in [5.74, 6) is -0.984. The SMILES string of the molecule is CCC1(CC)CCN(C(=O)NC(C)(CC)C(=O)O)CC1. The van der Waals surface area contributed by atoms with Crippen LogP contribution in [0.2, 0.25) is 0 Å². The number of carboxylic acid groups (broad SMARTS) is 1. The van der Waals surface area contributed by atoms with E-state index in [9.17, 15) is 14.7 Å². The zero-order valence-electron chi connectivity index (χ0n) is 13.2. The highest BCUT2D eigenvalue weighted by Crippen LogP contribution is 2.37. The maximum atomic E-state index is 12.2. The van der Waals surface area contributed by atoms with Gasteiger partial charge in [0, 0.05) is 13.1 Å². The third-order valence-electron chi connectivity index (χ3n) is 5.17. The Morgan fingerprint density at radius 1 is 1.20 bits per heavy atom. The molecule has 0 aliphatic carbocycles. The molecule has 0 spiro atoms. The molecule has 1 heterocycles. The first-order valence-corrected chi connectivity index (χ1v) is 7.63. The topological polar surface area (TPSA) is 69.6 Å². The van der Waals surface area contributed by atoms with Crippen LogP contribution >= 0.6 is 0 Å². The predicted molar refractivity (Wildman–Crippen MR) is 78.7 cm³/mol. The standard InChI is InChI=1S/C15H28N2O3/c1-5-14(4,12(18)19)16-13(20)17-10-8-15(6-2,7-3)9-11-17/h5-11H2,1-4H3,(H,16,20)(H,18,19). The van der Waals surface area contributed by atoms with Crippen molar-refractivity contribution in [3.05, 3.63) is 0 Å². The van der Waals surface area contributed by atoms with E-state index in [2.05, 4.69) is 19.2 Å². The molecule has 0 bridgehead atoms. The Labute approximate surface area is 121 Å². The van der Waals surface area contributed by atoms with E-state index in [1.807, 2.05) is 0 Å². The summed E-state index contributed by atoms with van der Waals surface area (Å²) in [4.78, 5) is 25.2. The van der Waals surface area contributed by atoms with Gasteiger partial charge in [-0.15, -0.1) is 0 Å². The minimum atomic E-state index is -1.18. The highest BCUT2D eigenvalue weighted by atomic mass is 16.4. The van der Waals surface area contributed by atoms with Gasteiger partial charge in [-0.1, -0.05) is 33.6 Å². The summed E-state index contributed by atoms with van der Waals surface area (Å²) in [6.45, 7) is 9.17. The summed E-state index contributed by atoms with van der Waals surface area (Å²) in [5.41, 5.74) is -0.821. The van der Waals surface area contributed by atoms with E-state index >= 15 is 0 Å². The van der Waals surface area contributed by atoms with Crippen molar-refractivity contribution in [2.75, 3.05) is 13.1 Å². The smallest absolute Gasteiger partial charge is 0.329 e. The number of amides is 2. The van der Waals surface area contributed by atoms with Gasteiger partial charge in [-0.3, -0.25) is 0 Å². The van der Waals surface area contributed by atoms with E-state index in [-0.39, 0.29) is 6.03 Å². The van der Waals surface area contributed by atoms with Gasteiger partial charge >= 0.3 is 12.0 Å². The summed E-state index contributed by atoms with van der Waals surface area (Å²) >= 11 is 0. The van der Waals surface area contributed by atoms with Crippen molar-refractivity contribution in [3.8, 4) is 0 Å². The van der Waals surface area contributed by atoms with Crippen molar-refractivity contribution < 1.29 is 14.7 Å². The Bertz CT molecular complexity index is 356. The number of hydrogen-bond donors (Lipinski definition) is 2. The van der Waals surface area contributed by atoms with Crippen LogP contribution in [-0.2, 0) is 4.79 Å². The Kier molecular flexibility index (Phi) is 5.42. The number of urea groups is 1. The molecule has 5 nitrogen and oxygen atoms in total. The summed E-state index contributed by atoms with van der Waals surface area (Å²) in [7, 11) is 0. The first-order valence-electron chi connectivity index (χ1n) is 7.63. The quantitative estimate of drug-likeness (QED) is 0.815. The average molecular weight is 284 g/mol. The minimum absolute atomic E-state index is 0.252. The molecule has 20 heavy (non-hydrogen) atoms. The number of carbonyl (C=O) groups excluding carboxylic acids is 1. The monoisotopic (exact) mass is 284 g/mol. The lowest BCUT2D eigenvalue weighted by atomic mass is 9.74. The van der Waals surface area contributed by atoms with E-state index in [4.69, 9.17) is 0 Å². The van der Waals surface area contributed by atoms with Crippen LogP contribution in [0.15, 0.2) is 0 Å². The van der Waals surface area contributed by atoms with Crippen molar-refractivity contribution >= 4 is 12.0 Å². The molecule has 2 N–H and O–H groups in total. The predicted octanol–water partition coefficient (Wildman–Crippen LogP) is 2.85. The number of nitrogens with zero attached hydrogens (tertiary/aromatic N) is 1. The van der Waals surface area contributed by atoms with Crippen LogP contribution in [0.3, 0.4) is 0 Å². The van der Waals surface area contributed by atoms with Gasteiger partial charge in [0.15, 0.2) is 0 Å². The van der Waals surface area contributed by atoms with Gasteiger partial charge < -0.3 is 15.3 Å². The van der Waals surface area contributed by atoms with Crippen molar-refractivity contribution in [1.82, 2.24) is 10.2 Å². The normalized spacial score (nSPS) is 21.1. The Hall–Kier alpha value is -1.26. The molecule has 2 amide bonds. The van der Waals surface area contributed by atoms with Crippen LogP contribution in [0.4, 0.5) is 4.79 Å². The summed E-state index contributed by atoms with van der Waals surface area (Å²) in [5, 5.41) is 11.9. The largest absolute Gasteiger partial charge is 0.480 e. The first-order chi connectivity index (χ1) is 9.32. The van der Waals surface area contributed by atoms with Gasteiger partial charge in [0.25, 0.3) is 0 Å². The molecule has 0 radical (unpaired) electrons. The molecule has 0 saturated carbocycles. The van der Waals surface area contributed by atoms with Gasteiger partial charge in [-0.25, -0.2) is 9.59 Å². The Morgan fingerprint density at radius 3 is 2.05 bits per heavy atom. The van der Waals surface area contributed by atoms with Crippen molar-refractivity contribution in [2.45, 2.75) is 65.3 Å². The van der Waals surface area contributed by atoms with Gasteiger partial charge in [0.05, 0.1) is 0 Å². The lowest BCUT2D eigenvalue weighted by Gasteiger charge is -2.41. The van der Waals surface area contributed by atoms with Gasteiger partial charge in [-0.2, -0.15) is 0 Å². The molecular formula is C15H28N2O3. The number of aliphatic carboxylic acids is 1. The number of carbonyl (C=O) groups is 2. The van der Waals surface area contributed by atoms with E-state index in [0.29, 0.717) is 24.9 Å². The molecular weight excluding hydrogens is 256 g/mol. The van der Waals surface area contributed by atoms with Crippen LogP contribution in [-0.4, -0.2) is 40.6 Å². The maximum absolute atomic E-state index is 12.2. The fraction of sp³-hybridized carbons (Fsp3) is 0.867. The molecule has 1 unspecified atom stereocenters. The average Bonchev–Trinajstić information content (AvgIpc) is 2.46.